The summed E-state index contributed by atoms with van der Waals surface area (Å²) in [5, 5.41) is 3.50. The smallest absolute Gasteiger partial charge is 0.229 e. The minimum Gasteiger partial charge on any atom is -0.381 e. The zero-order valence-electron chi connectivity index (χ0n) is 12.3. The highest BCUT2D eigenvalue weighted by Crippen LogP contribution is 2.19. The van der Waals surface area contributed by atoms with Gasteiger partial charge in [0.1, 0.15) is 0 Å². The largest absolute Gasteiger partial charge is 0.381 e. The van der Waals surface area contributed by atoms with Crippen molar-refractivity contribution in [2.24, 2.45) is 0 Å². The number of rotatable bonds is 5. The molecule has 1 fully saturated rings. The van der Waals surface area contributed by atoms with Crippen LogP contribution in [-0.4, -0.2) is 44.7 Å². The Morgan fingerprint density at radius 2 is 1.80 bits per heavy atom. The Hall–Kier alpha value is -1.27. The standard InChI is InChI=1S/C14H23N3O2S/c1-11(2)17-9-8-14(10-17)15-12-4-6-13(7-5-12)16-20(3,18)19/h4-7,11,14-16H,8-10H2,1-3H3. The maximum atomic E-state index is 11.1. The molecule has 5 nitrogen and oxygen atoms in total. The van der Waals surface area contributed by atoms with Crippen molar-refractivity contribution in [1.29, 1.82) is 0 Å². The summed E-state index contributed by atoms with van der Waals surface area (Å²) in [7, 11) is -3.21. The fraction of sp³-hybridized carbons (Fsp3) is 0.571. The van der Waals surface area contributed by atoms with Crippen LogP contribution in [0.2, 0.25) is 0 Å². The van der Waals surface area contributed by atoms with Crippen LogP contribution < -0.4 is 10.0 Å². The number of nitrogens with one attached hydrogen (secondary N) is 2. The van der Waals surface area contributed by atoms with E-state index in [9.17, 15) is 8.42 Å². The minimum absolute atomic E-state index is 0.464. The number of likely N-dealkylation sites (tertiary alicyclic amines) is 1. The molecule has 0 saturated carbocycles. The van der Waals surface area contributed by atoms with Gasteiger partial charge in [-0.3, -0.25) is 9.62 Å². The first kappa shape index (κ1) is 15.1. The summed E-state index contributed by atoms with van der Waals surface area (Å²) in [4.78, 5) is 2.46. The molecule has 0 spiro atoms. The number of anilines is 2. The number of hydrogen-bond acceptors (Lipinski definition) is 4. The van der Waals surface area contributed by atoms with E-state index in [0.29, 0.717) is 17.8 Å². The molecule has 0 bridgehead atoms. The maximum Gasteiger partial charge on any atom is 0.229 e. The predicted octanol–water partition coefficient (Wildman–Crippen LogP) is 1.95. The molecule has 1 unspecified atom stereocenters. The van der Waals surface area contributed by atoms with Gasteiger partial charge in [0.2, 0.25) is 10.0 Å². The summed E-state index contributed by atoms with van der Waals surface area (Å²) < 4.78 is 24.7. The molecule has 2 N–H and O–H groups in total. The van der Waals surface area contributed by atoms with E-state index in [0.717, 1.165) is 31.5 Å². The van der Waals surface area contributed by atoms with Gasteiger partial charge in [-0.15, -0.1) is 0 Å². The van der Waals surface area contributed by atoms with Gasteiger partial charge in [0, 0.05) is 36.5 Å². The van der Waals surface area contributed by atoms with E-state index in [2.05, 4.69) is 28.8 Å². The summed E-state index contributed by atoms with van der Waals surface area (Å²) in [6.07, 6.45) is 2.29. The molecular weight excluding hydrogens is 274 g/mol. The second-order valence-electron chi connectivity index (χ2n) is 5.67. The van der Waals surface area contributed by atoms with Crippen LogP contribution in [0.15, 0.2) is 24.3 Å². The molecular formula is C14H23N3O2S. The Bertz CT molecular complexity index is 540. The topological polar surface area (TPSA) is 61.4 Å². The summed E-state index contributed by atoms with van der Waals surface area (Å²) in [6, 6.07) is 8.42. The van der Waals surface area contributed by atoms with Gasteiger partial charge in [-0.25, -0.2) is 8.42 Å². The van der Waals surface area contributed by atoms with E-state index >= 15 is 0 Å². The Kier molecular flexibility index (Phi) is 4.55. The van der Waals surface area contributed by atoms with Crippen LogP contribution in [0.3, 0.4) is 0 Å². The second-order valence-corrected chi connectivity index (χ2v) is 7.42. The molecule has 1 aliphatic heterocycles. The zero-order valence-corrected chi connectivity index (χ0v) is 13.1. The Morgan fingerprint density at radius 3 is 2.30 bits per heavy atom. The average molecular weight is 297 g/mol. The zero-order chi connectivity index (χ0) is 14.8. The van der Waals surface area contributed by atoms with Crippen molar-refractivity contribution < 1.29 is 8.42 Å². The molecule has 0 aliphatic carbocycles. The highest BCUT2D eigenvalue weighted by molar-refractivity contribution is 7.92. The summed E-state index contributed by atoms with van der Waals surface area (Å²) in [5.74, 6) is 0. The molecule has 112 valence electrons. The Morgan fingerprint density at radius 1 is 1.20 bits per heavy atom. The molecule has 1 aromatic rings. The molecule has 0 amide bonds. The predicted molar refractivity (Wildman–Crippen MR) is 83.6 cm³/mol. The summed E-state index contributed by atoms with van der Waals surface area (Å²) >= 11 is 0. The van der Waals surface area contributed by atoms with Gasteiger partial charge in [0.25, 0.3) is 0 Å². The number of nitrogens with zero attached hydrogens (tertiary/aromatic N) is 1. The summed E-state index contributed by atoms with van der Waals surface area (Å²) in [6.45, 7) is 6.62. The van der Waals surface area contributed by atoms with Crippen LogP contribution in [0.25, 0.3) is 0 Å². The Balaban J connectivity index is 1.91. The lowest BCUT2D eigenvalue weighted by molar-refractivity contribution is 0.274. The number of benzene rings is 1. The fourth-order valence-electron chi connectivity index (χ4n) is 2.46. The van der Waals surface area contributed by atoms with Gasteiger partial charge in [0.15, 0.2) is 0 Å². The van der Waals surface area contributed by atoms with Gasteiger partial charge in [0.05, 0.1) is 6.26 Å². The van der Waals surface area contributed by atoms with Crippen molar-refractivity contribution in [3.63, 3.8) is 0 Å². The van der Waals surface area contributed by atoms with Crippen LogP contribution in [0.5, 0.6) is 0 Å². The first-order chi connectivity index (χ1) is 9.33. The lowest BCUT2D eigenvalue weighted by Gasteiger charge is -2.21. The van der Waals surface area contributed by atoms with E-state index in [4.69, 9.17) is 0 Å². The molecule has 0 radical (unpaired) electrons. The minimum atomic E-state index is -3.21. The number of sulfonamides is 1. The molecule has 20 heavy (non-hydrogen) atoms. The number of hydrogen-bond donors (Lipinski definition) is 2. The van der Waals surface area contributed by atoms with E-state index in [-0.39, 0.29) is 0 Å². The maximum absolute atomic E-state index is 11.1. The van der Waals surface area contributed by atoms with Crippen molar-refractivity contribution in [2.75, 3.05) is 29.4 Å². The van der Waals surface area contributed by atoms with Gasteiger partial charge >= 0.3 is 0 Å². The quantitative estimate of drug-likeness (QED) is 0.872. The first-order valence-electron chi connectivity index (χ1n) is 6.92. The SMILES string of the molecule is CC(C)N1CCC(Nc2ccc(NS(C)(=O)=O)cc2)C1. The van der Waals surface area contributed by atoms with Crippen LogP contribution in [0, 0.1) is 0 Å². The van der Waals surface area contributed by atoms with Crippen molar-refractivity contribution in [2.45, 2.75) is 32.4 Å². The van der Waals surface area contributed by atoms with Gasteiger partial charge in [-0.05, 0) is 44.5 Å². The van der Waals surface area contributed by atoms with Crippen LogP contribution in [0.4, 0.5) is 11.4 Å². The molecule has 1 heterocycles. The van der Waals surface area contributed by atoms with Gasteiger partial charge in [-0.2, -0.15) is 0 Å². The van der Waals surface area contributed by atoms with E-state index < -0.39 is 10.0 Å². The normalized spacial score (nSPS) is 20.3. The van der Waals surface area contributed by atoms with E-state index in [1.165, 1.54) is 0 Å². The highest BCUT2D eigenvalue weighted by Gasteiger charge is 2.23. The third kappa shape index (κ3) is 4.38. The van der Waals surface area contributed by atoms with Crippen molar-refractivity contribution in [3.05, 3.63) is 24.3 Å². The molecule has 1 aliphatic rings. The molecule has 2 rings (SSSR count). The van der Waals surface area contributed by atoms with E-state index in [1.54, 1.807) is 12.1 Å². The monoisotopic (exact) mass is 297 g/mol. The molecule has 6 heteroatoms. The lowest BCUT2D eigenvalue weighted by Crippen LogP contribution is -2.31. The fourth-order valence-corrected chi connectivity index (χ4v) is 3.02. The molecule has 1 saturated heterocycles. The molecule has 1 aromatic carbocycles. The van der Waals surface area contributed by atoms with Crippen LogP contribution in [0.1, 0.15) is 20.3 Å². The molecule has 1 atom stereocenters. The van der Waals surface area contributed by atoms with Crippen molar-refractivity contribution in [3.8, 4) is 0 Å². The third-order valence-corrected chi connectivity index (χ3v) is 4.12. The van der Waals surface area contributed by atoms with Crippen molar-refractivity contribution in [1.82, 2.24) is 4.90 Å². The molecule has 0 aromatic heterocycles. The van der Waals surface area contributed by atoms with E-state index in [1.807, 2.05) is 12.1 Å². The first-order valence-corrected chi connectivity index (χ1v) is 8.81. The summed E-state index contributed by atoms with van der Waals surface area (Å²) in [5.41, 5.74) is 1.62. The van der Waals surface area contributed by atoms with Gasteiger partial charge < -0.3 is 5.32 Å². The Labute approximate surface area is 121 Å². The highest BCUT2D eigenvalue weighted by atomic mass is 32.2. The van der Waals surface area contributed by atoms with Crippen molar-refractivity contribution >= 4 is 21.4 Å². The van der Waals surface area contributed by atoms with Crippen LogP contribution in [-0.2, 0) is 10.0 Å². The second kappa shape index (κ2) is 6.01. The van der Waals surface area contributed by atoms with Crippen LogP contribution >= 0.6 is 0 Å². The lowest BCUT2D eigenvalue weighted by atomic mass is 10.2. The average Bonchev–Trinajstić information content (AvgIpc) is 2.78. The van der Waals surface area contributed by atoms with Gasteiger partial charge in [-0.1, -0.05) is 0 Å². The third-order valence-electron chi connectivity index (χ3n) is 3.51.